The van der Waals surface area contributed by atoms with Gasteiger partial charge in [-0.25, -0.2) is 0 Å². The van der Waals surface area contributed by atoms with Gasteiger partial charge >= 0.3 is 0 Å². The number of carbonyl (C=O) groups excluding carboxylic acids is 1. The van der Waals surface area contributed by atoms with Crippen molar-refractivity contribution in [2.75, 3.05) is 20.8 Å². The van der Waals surface area contributed by atoms with Crippen LogP contribution in [0.15, 0.2) is 71.9 Å². The molecule has 1 atom stereocenters. The maximum absolute atomic E-state index is 13.1. The summed E-state index contributed by atoms with van der Waals surface area (Å²) in [5, 5.41) is 19.4. The molecule has 1 aromatic carbocycles. The number of hydrogen-bond acceptors (Lipinski definition) is 7. The van der Waals surface area contributed by atoms with Gasteiger partial charge in [-0.1, -0.05) is 12.1 Å². The Bertz CT molecular complexity index is 1470. The molecular formula is C27H26N6O4. The van der Waals surface area contributed by atoms with Crippen LogP contribution in [0.5, 0.6) is 5.75 Å². The number of benzene rings is 1. The van der Waals surface area contributed by atoms with Gasteiger partial charge in [0.1, 0.15) is 5.75 Å². The van der Waals surface area contributed by atoms with Crippen LogP contribution in [0.1, 0.15) is 44.4 Å². The highest BCUT2D eigenvalue weighted by Crippen LogP contribution is 2.25. The minimum Gasteiger partial charge on any atom is -0.497 e. The first-order valence-corrected chi connectivity index (χ1v) is 11.5. The lowest BCUT2D eigenvalue weighted by Gasteiger charge is -2.16. The van der Waals surface area contributed by atoms with E-state index in [0.717, 1.165) is 5.56 Å². The first-order chi connectivity index (χ1) is 18.0. The van der Waals surface area contributed by atoms with Crippen molar-refractivity contribution in [3.8, 4) is 11.8 Å². The van der Waals surface area contributed by atoms with E-state index in [9.17, 15) is 14.9 Å². The van der Waals surface area contributed by atoms with Gasteiger partial charge in [-0.15, -0.1) is 0 Å². The minimum absolute atomic E-state index is 0.0909. The Kier molecular flexibility index (Phi) is 8.08. The van der Waals surface area contributed by atoms with E-state index in [2.05, 4.69) is 26.6 Å². The van der Waals surface area contributed by atoms with Gasteiger partial charge < -0.3 is 19.4 Å². The number of aromatic nitrogens is 4. The van der Waals surface area contributed by atoms with Crippen molar-refractivity contribution in [2.45, 2.75) is 19.0 Å². The Hall–Kier alpha value is -4.75. The lowest BCUT2D eigenvalue weighted by molar-refractivity contribution is 0.0949. The van der Waals surface area contributed by atoms with Gasteiger partial charge in [-0.3, -0.25) is 19.7 Å². The number of nitrogens with one attached hydrogen (secondary N) is 2. The van der Waals surface area contributed by atoms with Crippen molar-refractivity contribution in [1.29, 1.82) is 5.26 Å². The molecule has 37 heavy (non-hydrogen) atoms. The van der Waals surface area contributed by atoms with Crippen molar-refractivity contribution in [1.82, 2.24) is 25.1 Å². The minimum atomic E-state index is -0.406. The number of carbonyl (C=O) groups is 1. The maximum atomic E-state index is 13.1. The molecule has 0 aliphatic carbocycles. The summed E-state index contributed by atoms with van der Waals surface area (Å²) >= 11 is 0. The molecule has 3 heterocycles. The molecule has 0 bridgehead atoms. The zero-order chi connectivity index (χ0) is 26.2. The summed E-state index contributed by atoms with van der Waals surface area (Å²) in [5.74, 6) is -0.160. The molecule has 0 saturated heterocycles. The van der Waals surface area contributed by atoms with Crippen molar-refractivity contribution in [3.05, 3.63) is 111 Å². The summed E-state index contributed by atoms with van der Waals surface area (Å²) in [6, 6.07) is 16.0. The molecule has 0 aliphatic rings. The third kappa shape index (κ3) is 5.91. The zero-order valence-corrected chi connectivity index (χ0v) is 20.5. The average Bonchev–Trinajstić information content (AvgIpc) is 3.42. The number of rotatable bonds is 10. The monoisotopic (exact) mass is 498 g/mol. The van der Waals surface area contributed by atoms with Gasteiger partial charge in [0, 0.05) is 38.3 Å². The summed E-state index contributed by atoms with van der Waals surface area (Å²) in [5.41, 5.74) is 3.38. The van der Waals surface area contributed by atoms with E-state index in [1.165, 1.54) is 12.3 Å². The molecule has 1 unspecified atom stereocenters. The maximum Gasteiger partial charge on any atom is 0.255 e. The van der Waals surface area contributed by atoms with E-state index in [1.807, 2.05) is 12.1 Å². The van der Waals surface area contributed by atoms with E-state index in [4.69, 9.17) is 9.47 Å². The first kappa shape index (κ1) is 25.3. The van der Waals surface area contributed by atoms with Crippen molar-refractivity contribution < 1.29 is 14.3 Å². The SMILES string of the molecule is COCC(c1ccc(Cn2ccccc2=O)cn1)c1n[nH]cc1C(=O)NCc1cc(OC)ccc1C#N. The molecule has 10 nitrogen and oxygen atoms in total. The van der Waals surface area contributed by atoms with Crippen LogP contribution in [-0.4, -0.2) is 46.5 Å². The van der Waals surface area contributed by atoms with Crippen LogP contribution < -0.4 is 15.6 Å². The van der Waals surface area contributed by atoms with Crippen LogP contribution in [0.25, 0.3) is 0 Å². The average molecular weight is 499 g/mol. The summed E-state index contributed by atoms with van der Waals surface area (Å²) in [4.78, 5) is 29.7. The number of nitriles is 1. The van der Waals surface area contributed by atoms with Crippen LogP contribution in [-0.2, 0) is 17.8 Å². The standard InChI is InChI=1S/C27H26N6O4/c1-36-17-23(24-9-6-18(13-29-24)16-33-10-4-3-5-25(33)34)26-22(15-31-32-26)27(35)30-14-20-11-21(37-2)8-7-19(20)12-28/h3-11,13,15,23H,14,16-17H2,1-2H3,(H,30,35)(H,31,32). The molecule has 0 aliphatic heterocycles. The number of hydrogen-bond donors (Lipinski definition) is 2. The van der Waals surface area contributed by atoms with Crippen LogP contribution in [0.3, 0.4) is 0 Å². The summed E-state index contributed by atoms with van der Waals surface area (Å²) < 4.78 is 12.3. The molecule has 4 rings (SSSR count). The topological polar surface area (TPSA) is 135 Å². The Labute approximate surface area is 213 Å². The third-order valence-corrected chi connectivity index (χ3v) is 5.91. The molecule has 188 valence electrons. The van der Waals surface area contributed by atoms with Crippen LogP contribution in [0, 0.1) is 11.3 Å². The molecule has 0 fully saturated rings. The summed E-state index contributed by atoms with van der Waals surface area (Å²) in [6.45, 7) is 0.793. The van der Waals surface area contributed by atoms with Gasteiger partial charge in [0.15, 0.2) is 0 Å². The fraction of sp³-hybridized carbons (Fsp3) is 0.222. The van der Waals surface area contributed by atoms with E-state index in [-0.39, 0.29) is 24.6 Å². The van der Waals surface area contributed by atoms with Gasteiger partial charge in [0.2, 0.25) is 0 Å². The highest BCUT2D eigenvalue weighted by molar-refractivity contribution is 5.95. The molecular weight excluding hydrogens is 472 g/mol. The number of amides is 1. The van der Waals surface area contributed by atoms with Crippen molar-refractivity contribution in [2.24, 2.45) is 0 Å². The first-order valence-electron chi connectivity index (χ1n) is 11.5. The quantitative estimate of drug-likeness (QED) is 0.343. The summed E-state index contributed by atoms with van der Waals surface area (Å²) in [6.07, 6.45) is 4.96. The largest absolute Gasteiger partial charge is 0.497 e. The number of nitrogens with zero attached hydrogens (tertiary/aromatic N) is 4. The van der Waals surface area contributed by atoms with Crippen molar-refractivity contribution in [3.63, 3.8) is 0 Å². The second kappa shape index (κ2) is 11.8. The smallest absolute Gasteiger partial charge is 0.255 e. The second-order valence-electron chi connectivity index (χ2n) is 8.27. The molecule has 0 saturated carbocycles. The van der Waals surface area contributed by atoms with Gasteiger partial charge in [0.25, 0.3) is 11.5 Å². The number of aromatic amines is 1. The Balaban J connectivity index is 1.53. The lowest BCUT2D eigenvalue weighted by Crippen LogP contribution is -2.25. The Morgan fingerprint density at radius 1 is 1.22 bits per heavy atom. The highest BCUT2D eigenvalue weighted by atomic mass is 16.5. The normalized spacial score (nSPS) is 11.5. The summed E-state index contributed by atoms with van der Waals surface area (Å²) in [7, 11) is 3.11. The Morgan fingerprint density at radius 3 is 2.78 bits per heavy atom. The third-order valence-electron chi connectivity index (χ3n) is 5.91. The van der Waals surface area contributed by atoms with E-state index >= 15 is 0 Å². The molecule has 4 aromatic rings. The van der Waals surface area contributed by atoms with E-state index < -0.39 is 5.92 Å². The van der Waals surface area contributed by atoms with Crippen LogP contribution >= 0.6 is 0 Å². The molecule has 10 heteroatoms. The van der Waals surface area contributed by atoms with Gasteiger partial charge in [-0.05, 0) is 41.5 Å². The number of ether oxygens (including phenoxy) is 2. The fourth-order valence-electron chi connectivity index (χ4n) is 3.97. The van der Waals surface area contributed by atoms with E-state index in [0.29, 0.717) is 40.4 Å². The number of pyridine rings is 2. The molecule has 3 aromatic heterocycles. The highest BCUT2D eigenvalue weighted by Gasteiger charge is 2.25. The lowest BCUT2D eigenvalue weighted by atomic mass is 9.97. The van der Waals surface area contributed by atoms with Crippen LogP contribution in [0.2, 0.25) is 0 Å². The number of H-pyrrole nitrogens is 1. The van der Waals surface area contributed by atoms with Gasteiger partial charge in [-0.2, -0.15) is 10.4 Å². The molecule has 1 amide bonds. The van der Waals surface area contributed by atoms with Crippen molar-refractivity contribution >= 4 is 5.91 Å². The second-order valence-corrected chi connectivity index (χ2v) is 8.27. The molecule has 2 N–H and O–H groups in total. The Morgan fingerprint density at radius 2 is 2.08 bits per heavy atom. The van der Waals surface area contributed by atoms with Gasteiger partial charge in [0.05, 0.1) is 54.8 Å². The zero-order valence-electron chi connectivity index (χ0n) is 20.5. The van der Waals surface area contributed by atoms with Crippen LogP contribution in [0.4, 0.5) is 0 Å². The number of methoxy groups -OCH3 is 2. The molecule has 0 radical (unpaired) electrons. The molecule has 0 spiro atoms. The van der Waals surface area contributed by atoms with E-state index in [1.54, 1.807) is 61.5 Å². The fourth-order valence-corrected chi connectivity index (χ4v) is 3.97. The predicted octanol–water partition coefficient (Wildman–Crippen LogP) is 2.60. The predicted molar refractivity (Wildman–Crippen MR) is 135 cm³/mol.